The van der Waals surface area contributed by atoms with E-state index >= 15 is 0 Å². The smallest absolute Gasteiger partial charge is 0.218 e. The van der Waals surface area contributed by atoms with Gasteiger partial charge in [0.25, 0.3) is 0 Å². The third-order valence-corrected chi connectivity index (χ3v) is 2.25. The molecule has 1 aromatic rings. The van der Waals surface area contributed by atoms with Gasteiger partial charge in [0.15, 0.2) is 0 Å². The van der Waals surface area contributed by atoms with Gasteiger partial charge in [-0.1, -0.05) is 0 Å². The first-order valence-electron chi connectivity index (χ1n) is 3.33. The zero-order valence-corrected chi connectivity index (χ0v) is 7.47. The Kier molecular flexibility index (Phi) is 1.65. The average Bonchev–Trinajstić information content (AvgIpc) is 2.28. The molecule has 1 atom stereocenters. The van der Waals surface area contributed by atoms with Crippen molar-refractivity contribution >= 4 is 21.7 Å². The first-order valence-corrected chi connectivity index (χ1v) is 4.24. The van der Waals surface area contributed by atoms with Gasteiger partial charge >= 0.3 is 0 Å². The lowest BCUT2D eigenvalue weighted by Gasteiger charge is -1.97. The van der Waals surface area contributed by atoms with Crippen LogP contribution < -0.4 is 4.74 Å². The summed E-state index contributed by atoms with van der Waals surface area (Å²) >= 11 is 3.01. The molecule has 4 heteroatoms. The number of alkyl halides is 1. The summed E-state index contributed by atoms with van der Waals surface area (Å²) in [6, 6.07) is 3.87. The Morgan fingerprint density at radius 2 is 2.25 bits per heavy atom. The fourth-order valence-electron chi connectivity index (χ4n) is 1.08. The van der Waals surface area contributed by atoms with Crippen LogP contribution in [0.2, 0.25) is 0 Å². The summed E-state index contributed by atoms with van der Waals surface area (Å²) in [6.45, 7) is 0. The first kappa shape index (κ1) is 7.73. The van der Waals surface area contributed by atoms with Crippen LogP contribution in [0.15, 0.2) is 18.2 Å². The Morgan fingerprint density at radius 3 is 3.00 bits per heavy atom. The number of hydrogen-bond donors (Lipinski definition) is 0. The van der Waals surface area contributed by atoms with Gasteiger partial charge in [0, 0.05) is 6.07 Å². The van der Waals surface area contributed by atoms with Crippen molar-refractivity contribution in [1.29, 1.82) is 0 Å². The van der Waals surface area contributed by atoms with Gasteiger partial charge in [0.2, 0.25) is 10.8 Å². The number of halogens is 2. The highest BCUT2D eigenvalue weighted by molar-refractivity contribution is 9.09. The molecule has 1 aromatic carbocycles. The molecule has 1 unspecified atom stereocenters. The quantitative estimate of drug-likeness (QED) is 0.639. The molecule has 0 aliphatic carbocycles. The van der Waals surface area contributed by atoms with Crippen molar-refractivity contribution in [2.24, 2.45) is 0 Å². The van der Waals surface area contributed by atoms with Crippen LogP contribution in [0, 0.1) is 5.82 Å². The third-order valence-electron chi connectivity index (χ3n) is 1.65. The lowest BCUT2D eigenvalue weighted by atomic mass is 10.1. The SMILES string of the molecule is O=C1c2ccc(F)cc2OC1Br. The largest absolute Gasteiger partial charge is 0.470 e. The maximum absolute atomic E-state index is 12.6. The minimum atomic E-state index is -0.658. The molecule has 1 heterocycles. The zero-order valence-electron chi connectivity index (χ0n) is 5.88. The van der Waals surface area contributed by atoms with Gasteiger partial charge in [-0.15, -0.1) is 0 Å². The van der Waals surface area contributed by atoms with E-state index in [-0.39, 0.29) is 5.78 Å². The Hall–Kier alpha value is -0.900. The highest BCUT2D eigenvalue weighted by Crippen LogP contribution is 2.31. The van der Waals surface area contributed by atoms with Gasteiger partial charge in [-0.25, -0.2) is 4.39 Å². The van der Waals surface area contributed by atoms with Gasteiger partial charge < -0.3 is 4.74 Å². The van der Waals surface area contributed by atoms with Crippen LogP contribution in [-0.2, 0) is 0 Å². The summed E-state index contributed by atoms with van der Waals surface area (Å²) in [6.07, 6.45) is 0. The number of carbonyl (C=O) groups excluding carboxylic acids is 1. The van der Waals surface area contributed by atoms with Crippen LogP contribution >= 0.6 is 15.9 Å². The van der Waals surface area contributed by atoms with Crippen LogP contribution in [0.3, 0.4) is 0 Å². The molecule has 0 N–H and O–H groups in total. The number of benzene rings is 1. The van der Waals surface area contributed by atoms with E-state index in [1.54, 1.807) is 0 Å². The van der Waals surface area contributed by atoms with Crippen molar-refractivity contribution in [2.45, 2.75) is 5.01 Å². The molecule has 0 spiro atoms. The van der Waals surface area contributed by atoms with E-state index in [4.69, 9.17) is 4.74 Å². The molecule has 0 fully saturated rings. The van der Waals surface area contributed by atoms with E-state index in [1.165, 1.54) is 18.2 Å². The molecule has 12 heavy (non-hydrogen) atoms. The summed E-state index contributed by atoms with van der Waals surface area (Å²) in [5.74, 6) is -0.255. The minimum absolute atomic E-state index is 0.162. The lowest BCUT2D eigenvalue weighted by Crippen LogP contribution is -2.10. The Morgan fingerprint density at radius 1 is 1.50 bits per heavy atom. The zero-order chi connectivity index (χ0) is 8.72. The maximum Gasteiger partial charge on any atom is 0.218 e. The van der Waals surface area contributed by atoms with Crippen molar-refractivity contribution in [3.8, 4) is 5.75 Å². The molecule has 2 rings (SSSR count). The second-order valence-corrected chi connectivity index (χ2v) is 3.27. The van der Waals surface area contributed by atoms with Crippen LogP contribution in [0.4, 0.5) is 4.39 Å². The van der Waals surface area contributed by atoms with Crippen molar-refractivity contribution in [3.05, 3.63) is 29.6 Å². The summed E-state index contributed by atoms with van der Waals surface area (Å²) < 4.78 is 17.6. The van der Waals surface area contributed by atoms with Gasteiger partial charge in [0.05, 0.1) is 5.56 Å². The number of hydrogen-bond acceptors (Lipinski definition) is 2. The highest BCUT2D eigenvalue weighted by Gasteiger charge is 2.30. The highest BCUT2D eigenvalue weighted by atomic mass is 79.9. The van der Waals surface area contributed by atoms with Crippen molar-refractivity contribution in [1.82, 2.24) is 0 Å². The molecule has 0 aromatic heterocycles. The fourth-order valence-corrected chi connectivity index (χ4v) is 1.53. The molecular weight excluding hydrogens is 227 g/mol. The monoisotopic (exact) mass is 230 g/mol. The summed E-state index contributed by atoms with van der Waals surface area (Å²) in [4.78, 5) is 11.2. The molecule has 1 aliphatic rings. The van der Waals surface area contributed by atoms with Gasteiger partial charge in [-0.3, -0.25) is 4.79 Å². The standard InChI is InChI=1S/C8H4BrFO2/c9-8-7(11)5-2-1-4(10)3-6(5)12-8/h1-3,8H. The number of ether oxygens (including phenoxy) is 1. The van der Waals surface area contributed by atoms with Crippen molar-refractivity contribution in [3.63, 3.8) is 0 Å². The number of Topliss-reactive ketones (excluding diaryl/α,β-unsaturated/α-hetero) is 1. The second kappa shape index (κ2) is 2.55. The Bertz CT molecular complexity index is 351. The Balaban J connectivity index is 2.54. The molecule has 0 saturated heterocycles. The summed E-state index contributed by atoms with van der Waals surface area (Å²) in [5.41, 5.74) is 0.429. The van der Waals surface area contributed by atoms with Crippen LogP contribution in [0.5, 0.6) is 5.75 Å². The van der Waals surface area contributed by atoms with Crippen LogP contribution in [0.25, 0.3) is 0 Å². The Labute approximate surface area is 76.5 Å². The number of ketones is 1. The molecule has 62 valence electrons. The number of rotatable bonds is 0. The molecule has 0 saturated carbocycles. The second-order valence-electron chi connectivity index (χ2n) is 2.44. The fraction of sp³-hybridized carbons (Fsp3) is 0.125. The third kappa shape index (κ3) is 1.03. The normalized spacial score (nSPS) is 20.5. The van der Waals surface area contributed by atoms with Crippen molar-refractivity contribution < 1.29 is 13.9 Å². The van der Waals surface area contributed by atoms with E-state index < -0.39 is 10.8 Å². The van der Waals surface area contributed by atoms with Crippen LogP contribution in [0.1, 0.15) is 10.4 Å². The van der Waals surface area contributed by atoms with E-state index in [9.17, 15) is 9.18 Å². The van der Waals surface area contributed by atoms with E-state index in [1.807, 2.05) is 0 Å². The van der Waals surface area contributed by atoms with E-state index in [0.717, 1.165) is 0 Å². The first-order chi connectivity index (χ1) is 5.68. The summed E-state index contributed by atoms with van der Waals surface area (Å²) in [7, 11) is 0. The molecular formula is C8H4BrFO2. The minimum Gasteiger partial charge on any atom is -0.470 e. The van der Waals surface area contributed by atoms with Crippen LogP contribution in [-0.4, -0.2) is 10.8 Å². The van der Waals surface area contributed by atoms with E-state index in [2.05, 4.69) is 15.9 Å². The van der Waals surface area contributed by atoms with Gasteiger partial charge in [0.1, 0.15) is 11.6 Å². The predicted molar refractivity (Wildman–Crippen MR) is 44.1 cm³/mol. The summed E-state index contributed by atoms with van der Waals surface area (Å²) in [5, 5.41) is -0.658. The number of carbonyl (C=O) groups is 1. The lowest BCUT2D eigenvalue weighted by molar-refractivity contribution is 0.0942. The molecule has 0 radical (unpaired) electrons. The van der Waals surface area contributed by atoms with Gasteiger partial charge in [-0.05, 0) is 28.1 Å². The van der Waals surface area contributed by atoms with E-state index in [0.29, 0.717) is 11.3 Å². The molecule has 2 nitrogen and oxygen atoms in total. The molecule has 0 amide bonds. The topological polar surface area (TPSA) is 26.3 Å². The average molecular weight is 231 g/mol. The molecule has 0 bridgehead atoms. The van der Waals surface area contributed by atoms with Gasteiger partial charge in [-0.2, -0.15) is 0 Å². The maximum atomic E-state index is 12.6. The predicted octanol–water partition coefficient (Wildman–Crippen LogP) is 2.12. The van der Waals surface area contributed by atoms with Crippen molar-refractivity contribution in [2.75, 3.05) is 0 Å². The number of fused-ring (bicyclic) bond motifs is 1. The molecule has 1 aliphatic heterocycles.